The highest BCUT2D eigenvalue weighted by atomic mass is 16.5. The van der Waals surface area contributed by atoms with Crippen molar-refractivity contribution >= 4 is 17.6 Å². The Morgan fingerprint density at radius 3 is 2.45 bits per heavy atom. The van der Waals surface area contributed by atoms with Crippen LogP contribution in [0, 0.1) is 0 Å². The van der Waals surface area contributed by atoms with Crippen molar-refractivity contribution in [2.45, 2.75) is 25.8 Å². The lowest BCUT2D eigenvalue weighted by molar-refractivity contribution is -0.127. The molecule has 1 aromatic carbocycles. The third-order valence-electron chi connectivity index (χ3n) is 5.59. The number of likely N-dealkylation sites (N-methyl/N-ethyl adjacent to an activating group) is 1. The van der Waals surface area contributed by atoms with Crippen LogP contribution in [-0.4, -0.2) is 101 Å². The molecule has 1 aliphatic rings. The van der Waals surface area contributed by atoms with Crippen molar-refractivity contribution in [1.29, 1.82) is 0 Å². The van der Waals surface area contributed by atoms with Crippen LogP contribution >= 0.6 is 0 Å². The molecule has 1 fully saturated rings. The summed E-state index contributed by atoms with van der Waals surface area (Å²) in [6.07, 6.45) is 0.959. The standard InChI is InChI=1S/C23H40N6O2/c1-23(2,29-14-16-31-17-15-29)19-26-22(25-18-21(30)27(3)4)24-12-9-13-28(5)20-10-7-6-8-11-20/h6-8,10-11H,9,12-19H2,1-5H3,(H2,24,25,26). The molecule has 2 N–H and O–H groups in total. The van der Waals surface area contributed by atoms with Crippen LogP contribution in [0.25, 0.3) is 0 Å². The quantitative estimate of drug-likeness (QED) is 0.329. The fraction of sp³-hybridized carbons (Fsp3) is 0.652. The van der Waals surface area contributed by atoms with Crippen LogP contribution in [-0.2, 0) is 9.53 Å². The predicted molar refractivity (Wildman–Crippen MR) is 128 cm³/mol. The van der Waals surface area contributed by atoms with E-state index in [9.17, 15) is 4.79 Å². The average molecular weight is 433 g/mol. The van der Waals surface area contributed by atoms with E-state index >= 15 is 0 Å². The summed E-state index contributed by atoms with van der Waals surface area (Å²) in [5.74, 6) is 0.663. The van der Waals surface area contributed by atoms with Crippen LogP contribution in [0.1, 0.15) is 20.3 Å². The molecule has 1 heterocycles. The van der Waals surface area contributed by atoms with Crippen LogP contribution in [0.5, 0.6) is 0 Å². The molecule has 1 saturated heterocycles. The molecule has 1 aromatic rings. The van der Waals surface area contributed by atoms with Gasteiger partial charge in [-0.2, -0.15) is 0 Å². The summed E-state index contributed by atoms with van der Waals surface area (Å²) in [4.78, 5) is 22.8. The van der Waals surface area contributed by atoms with Crippen molar-refractivity contribution < 1.29 is 9.53 Å². The van der Waals surface area contributed by atoms with Gasteiger partial charge in [-0.1, -0.05) is 18.2 Å². The molecule has 0 unspecified atom stereocenters. The number of carbonyl (C=O) groups is 1. The summed E-state index contributed by atoms with van der Waals surface area (Å²) >= 11 is 0. The largest absolute Gasteiger partial charge is 0.379 e. The molecular weight excluding hydrogens is 392 g/mol. The third-order valence-corrected chi connectivity index (χ3v) is 5.59. The van der Waals surface area contributed by atoms with Crippen molar-refractivity contribution in [2.75, 3.05) is 78.5 Å². The number of anilines is 1. The summed E-state index contributed by atoms with van der Waals surface area (Å²) in [5, 5.41) is 6.84. The number of amides is 1. The number of nitrogens with zero attached hydrogens (tertiary/aromatic N) is 4. The van der Waals surface area contributed by atoms with Gasteiger partial charge in [-0.25, -0.2) is 4.99 Å². The molecular formula is C23H40N6O2. The number of hydrogen-bond donors (Lipinski definition) is 2. The van der Waals surface area contributed by atoms with E-state index in [1.165, 1.54) is 5.69 Å². The van der Waals surface area contributed by atoms with Crippen molar-refractivity contribution in [3.05, 3.63) is 30.3 Å². The zero-order chi connectivity index (χ0) is 22.7. The second-order valence-corrected chi connectivity index (χ2v) is 8.76. The first-order chi connectivity index (χ1) is 14.8. The maximum atomic E-state index is 12.0. The van der Waals surface area contributed by atoms with Gasteiger partial charge < -0.3 is 25.2 Å². The van der Waals surface area contributed by atoms with Crippen LogP contribution in [0.2, 0.25) is 0 Å². The van der Waals surface area contributed by atoms with Crippen LogP contribution in [0.3, 0.4) is 0 Å². The molecule has 0 bridgehead atoms. The summed E-state index contributed by atoms with van der Waals surface area (Å²) in [6, 6.07) is 10.4. The van der Waals surface area contributed by atoms with Crippen molar-refractivity contribution in [1.82, 2.24) is 20.4 Å². The molecule has 2 rings (SSSR count). The first kappa shape index (κ1) is 24.9. The first-order valence-corrected chi connectivity index (χ1v) is 11.1. The lowest BCUT2D eigenvalue weighted by Crippen LogP contribution is -2.56. The zero-order valence-electron chi connectivity index (χ0n) is 19.9. The van der Waals surface area contributed by atoms with E-state index in [4.69, 9.17) is 4.74 Å². The predicted octanol–water partition coefficient (Wildman–Crippen LogP) is 1.25. The minimum absolute atomic E-state index is 0.0163. The van der Waals surface area contributed by atoms with Gasteiger partial charge in [0.2, 0.25) is 5.91 Å². The molecule has 1 aliphatic heterocycles. The minimum atomic E-state index is -0.0364. The minimum Gasteiger partial charge on any atom is -0.379 e. The van der Waals surface area contributed by atoms with Crippen molar-refractivity contribution in [3.8, 4) is 0 Å². The first-order valence-electron chi connectivity index (χ1n) is 11.1. The number of hydrogen-bond acceptors (Lipinski definition) is 5. The average Bonchev–Trinajstić information content (AvgIpc) is 2.78. The van der Waals surface area contributed by atoms with Gasteiger partial charge in [-0.15, -0.1) is 0 Å². The number of aliphatic imine (C=N–C) groups is 1. The van der Waals surface area contributed by atoms with E-state index in [1.54, 1.807) is 19.0 Å². The Kier molecular flexibility index (Phi) is 10.1. The number of rotatable bonds is 10. The van der Waals surface area contributed by atoms with E-state index < -0.39 is 0 Å². The molecule has 174 valence electrons. The lowest BCUT2D eigenvalue weighted by Gasteiger charge is -2.41. The van der Waals surface area contributed by atoms with Crippen LogP contribution < -0.4 is 15.5 Å². The van der Waals surface area contributed by atoms with Gasteiger partial charge in [0.1, 0.15) is 6.54 Å². The van der Waals surface area contributed by atoms with Crippen molar-refractivity contribution in [3.63, 3.8) is 0 Å². The van der Waals surface area contributed by atoms with Gasteiger partial charge in [0.15, 0.2) is 5.96 Å². The Bertz CT molecular complexity index is 687. The summed E-state index contributed by atoms with van der Waals surface area (Å²) in [5.41, 5.74) is 1.17. The molecule has 8 nitrogen and oxygen atoms in total. The van der Waals surface area contributed by atoms with Gasteiger partial charge >= 0.3 is 0 Å². The highest BCUT2D eigenvalue weighted by Crippen LogP contribution is 2.15. The second kappa shape index (κ2) is 12.5. The molecule has 0 radical (unpaired) electrons. The van der Waals surface area contributed by atoms with E-state index in [2.05, 4.69) is 70.6 Å². The number of para-hydroxylation sites is 1. The Labute approximate surface area is 187 Å². The van der Waals surface area contributed by atoms with Gasteiger partial charge in [0, 0.05) is 65.1 Å². The maximum Gasteiger partial charge on any atom is 0.243 e. The molecule has 0 spiro atoms. The Hall–Kier alpha value is -2.32. The fourth-order valence-electron chi connectivity index (χ4n) is 3.38. The summed E-state index contributed by atoms with van der Waals surface area (Å²) < 4.78 is 5.48. The second-order valence-electron chi connectivity index (χ2n) is 8.76. The summed E-state index contributed by atoms with van der Waals surface area (Å²) in [6.45, 7) is 10.4. The molecule has 8 heteroatoms. The Balaban J connectivity index is 1.87. The van der Waals surface area contributed by atoms with E-state index in [0.29, 0.717) is 5.96 Å². The number of guanidine groups is 1. The Morgan fingerprint density at radius 1 is 1.13 bits per heavy atom. The number of benzene rings is 1. The molecule has 31 heavy (non-hydrogen) atoms. The number of morpholine rings is 1. The van der Waals surface area contributed by atoms with Crippen LogP contribution in [0.15, 0.2) is 35.3 Å². The van der Waals surface area contributed by atoms with Crippen LogP contribution in [0.4, 0.5) is 5.69 Å². The van der Waals surface area contributed by atoms with Gasteiger partial charge in [0.25, 0.3) is 0 Å². The van der Waals surface area contributed by atoms with Gasteiger partial charge in [0.05, 0.1) is 13.2 Å². The number of ether oxygens (including phenoxy) is 1. The van der Waals surface area contributed by atoms with Crippen molar-refractivity contribution in [2.24, 2.45) is 4.99 Å². The third kappa shape index (κ3) is 8.75. The Morgan fingerprint density at radius 2 is 1.81 bits per heavy atom. The highest BCUT2D eigenvalue weighted by Gasteiger charge is 2.28. The van der Waals surface area contributed by atoms with Gasteiger partial charge in [-0.05, 0) is 32.4 Å². The molecule has 0 atom stereocenters. The topological polar surface area (TPSA) is 72.4 Å². The SMILES string of the molecule is CN(C)C(=O)CN=C(NCCCN(C)c1ccccc1)NCC(C)(C)N1CCOCC1. The number of nitrogens with one attached hydrogen (secondary N) is 2. The lowest BCUT2D eigenvalue weighted by atomic mass is 10.0. The highest BCUT2D eigenvalue weighted by molar-refractivity contribution is 5.84. The summed E-state index contributed by atoms with van der Waals surface area (Å²) in [7, 11) is 5.60. The van der Waals surface area contributed by atoms with Gasteiger partial charge in [-0.3, -0.25) is 9.69 Å². The van der Waals surface area contributed by atoms with E-state index in [1.807, 2.05) is 6.07 Å². The molecule has 0 aliphatic carbocycles. The smallest absolute Gasteiger partial charge is 0.243 e. The fourth-order valence-corrected chi connectivity index (χ4v) is 3.38. The normalized spacial score (nSPS) is 15.5. The maximum absolute atomic E-state index is 12.0. The zero-order valence-corrected chi connectivity index (χ0v) is 19.9. The molecule has 0 saturated carbocycles. The molecule has 0 aromatic heterocycles. The molecule has 1 amide bonds. The van der Waals surface area contributed by atoms with E-state index in [-0.39, 0.29) is 18.0 Å². The number of carbonyl (C=O) groups excluding carboxylic acids is 1. The van der Waals surface area contributed by atoms with E-state index in [0.717, 1.165) is 52.4 Å². The monoisotopic (exact) mass is 432 g/mol.